The number of allylic oxidation sites excluding steroid dienone is 3. The van der Waals surface area contributed by atoms with E-state index in [4.69, 9.17) is 10.1 Å². The Morgan fingerprint density at radius 3 is 2.48 bits per heavy atom. The number of rotatable bonds is 6. The van der Waals surface area contributed by atoms with Crippen LogP contribution in [0.25, 0.3) is 0 Å². The van der Waals surface area contributed by atoms with Gasteiger partial charge in [-0.2, -0.15) is 0 Å². The zero-order valence-corrected chi connectivity index (χ0v) is 13.6. The Morgan fingerprint density at radius 2 is 1.83 bits per heavy atom. The molecule has 1 N–H and O–H groups in total. The van der Waals surface area contributed by atoms with Crippen LogP contribution in [0.15, 0.2) is 64.3 Å². The molecule has 0 saturated carbocycles. The molecule has 0 fully saturated rings. The largest absolute Gasteiger partial charge is 0.306 e. The van der Waals surface area contributed by atoms with E-state index in [2.05, 4.69) is 35.8 Å². The van der Waals surface area contributed by atoms with E-state index in [1.54, 1.807) is 12.2 Å². The molecular weight excluding hydrogens is 292 g/mol. The molecule has 0 aliphatic heterocycles. The summed E-state index contributed by atoms with van der Waals surface area (Å²) in [6.07, 6.45) is 6.38. The number of nitrogens with zero attached hydrogens (tertiary/aromatic N) is 2. The van der Waals surface area contributed by atoms with Gasteiger partial charge in [-0.1, -0.05) is 32.0 Å². The van der Waals surface area contributed by atoms with Gasteiger partial charge in [-0.3, -0.25) is 4.99 Å². The van der Waals surface area contributed by atoms with Crippen LogP contribution in [-0.4, -0.2) is 22.7 Å². The molecular formula is C18H22N2O3. The monoisotopic (exact) mass is 314 g/mol. The zero-order valence-electron chi connectivity index (χ0n) is 13.6. The van der Waals surface area contributed by atoms with Gasteiger partial charge in [0.1, 0.15) is 5.71 Å². The maximum atomic E-state index is 8.61. The van der Waals surface area contributed by atoms with Crippen LogP contribution in [0, 0.1) is 5.92 Å². The van der Waals surface area contributed by atoms with E-state index in [1.165, 1.54) is 0 Å². The molecule has 0 aromatic heterocycles. The van der Waals surface area contributed by atoms with Gasteiger partial charge in [0.05, 0.1) is 11.4 Å². The molecule has 5 nitrogen and oxygen atoms in total. The zero-order chi connectivity index (χ0) is 16.7. The Bertz CT molecular complexity index is 631. The summed E-state index contributed by atoms with van der Waals surface area (Å²) in [7, 11) is 0. The standard InChI is InChI=1S/C18H22N2O3/c1-13(2)11-14(3)19-16-9-10-17(18(12-16)22-23-21)20-15-7-5-4-6-8-15/h4-10,12-14,21H,11H2,1-3H3. The SMILES string of the molecule is CC(C)CC(C)N=C1C=CC(=Nc2ccccc2)C(OOO)=C1. The van der Waals surface area contributed by atoms with Crippen molar-refractivity contribution in [2.24, 2.45) is 15.9 Å². The van der Waals surface area contributed by atoms with E-state index >= 15 is 0 Å². The third-order valence-electron chi connectivity index (χ3n) is 3.26. The third-order valence-corrected chi connectivity index (χ3v) is 3.26. The predicted molar refractivity (Wildman–Crippen MR) is 91.9 cm³/mol. The number of hydrogen-bond donors (Lipinski definition) is 1. The minimum atomic E-state index is 0.204. The van der Waals surface area contributed by atoms with Gasteiger partial charge >= 0.3 is 0 Å². The Balaban J connectivity index is 2.22. The minimum Gasteiger partial charge on any atom is -0.306 e. The van der Waals surface area contributed by atoms with Crippen LogP contribution in [0.3, 0.4) is 0 Å². The van der Waals surface area contributed by atoms with Crippen molar-refractivity contribution in [3.05, 3.63) is 54.3 Å². The average Bonchev–Trinajstić information content (AvgIpc) is 2.50. The van der Waals surface area contributed by atoms with Crippen molar-refractivity contribution in [3.8, 4) is 0 Å². The lowest BCUT2D eigenvalue weighted by molar-refractivity contribution is -0.469. The molecule has 23 heavy (non-hydrogen) atoms. The normalized spacial score (nSPS) is 19.3. The van der Waals surface area contributed by atoms with Gasteiger partial charge in [0.15, 0.2) is 5.76 Å². The maximum absolute atomic E-state index is 8.61. The van der Waals surface area contributed by atoms with Gasteiger partial charge in [0, 0.05) is 12.1 Å². The van der Waals surface area contributed by atoms with Crippen molar-refractivity contribution in [2.45, 2.75) is 33.2 Å². The summed E-state index contributed by atoms with van der Waals surface area (Å²) in [4.78, 5) is 13.9. The van der Waals surface area contributed by atoms with Crippen molar-refractivity contribution in [3.63, 3.8) is 0 Å². The molecule has 0 spiro atoms. The molecule has 0 saturated heterocycles. The van der Waals surface area contributed by atoms with Crippen molar-refractivity contribution in [2.75, 3.05) is 0 Å². The van der Waals surface area contributed by atoms with Gasteiger partial charge in [0.2, 0.25) is 0 Å². The number of hydrogen-bond acceptors (Lipinski definition) is 5. The van der Waals surface area contributed by atoms with Crippen LogP contribution in [0.5, 0.6) is 0 Å². The lowest BCUT2D eigenvalue weighted by Crippen LogP contribution is -2.13. The summed E-state index contributed by atoms with van der Waals surface area (Å²) in [6.45, 7) is 6.41. The Kier molecular flexibility index (Phi) is 6.26. The Hall–Kier alpha value is -2.24. The summed E-state index contributed by atoms with van der Waals surface area (Å²) in [5, 5.41) is 12.4. The van der Waals surface area contributed by atoms with Gasteiger partial charge in [-0.05, 0) is 48.6 Å². The molecule has 1 aromatic rings. The molecule has 1 aromatic carbocycles. The minimum absolute atomic E-state index is 0.204. The van der Waals surface area contributed by atoms with Crippen LogP contribution >= 0.6 is 0 Å². The van der Waals surface area contributed by atoms with Crippen LogP contribution in [0.4, 0.5) is 5.69 Å². The maximum Gasteiger partial charge on any atom is 0.196 e. The highest BCUT2D eigenvalue weighted by molar-refractivity contribution is 6.20. The fourth-order valence-corrected chi connectivity index (χ4v) is 2.41. The molecule has 1 atom stereocenters. The lowest BCUT2D eigenvalue weighted by Gasteiger charge is -2.13. The summed E-state index contributed by atoms with van der Waals surface area (Å²) in [6, 6.07) is 9.69. The molecule has 0 bridgehead atoms. The molecule has 5 heteroatoms. The molecule has 122 valence electrons. The second kappa shape index (κ2) is 8.41. The topological polar surface area (TPSA) is 63.4 Å². The predicted octanol–water partition coefficient (Wildman–Crippen LogP) is 4.51. The number of aliphatic imine (C=N–C) groups is 2. The van der Waals surface area contributed by atoms with Crippen molar-refractivity contribution >= 4 is 17.1 Å². The molecule has 1 aliphatic rings. The Morgan fingerprint density at radius 1 is 1.09 bits per heavy atom. The highest BCUT2D eigenvalue weighted by atomic mass is 17.5. The van der Waals surface area contributed by atoms with E-state index in [0.717, 1.165) is 17.8 Å². The molecule has 1 aliphatic carbocycles. The fourth-order valence-electron chi connectivity index (χ4n) is 2.41. The van der Waals surface area contributed by atoms with Gasteiger partial charge in [0.25, 0.3) is 0 Å². The van der Waals surface area contributed by atoms with Crippen molar-refractivity contribution in [1.29, 1.82) is 0 Å². The number of benzene rings is 1. The highest BCUT2D eigenvalue weighted by Gasteiger charge is 2.15. The van der Waals surface area contributed by atoms with E-state index in [9.17, 15) is 0 Å². The molecule has 0 heterocycles. The second-order valence-corrected chi connectivity index (χ2v) is 5.86. The highest BCUT2D eigenvalue weighted by Crippen LogP contribution is 2.18. The summed E-state index contributed by atoms with van der Waals surface area (Å²) in [5.41, 5.74) is 2.10. The third kappa shape index (κ3) is 5.47. The first kappa shape index (κ1) is 17.1. The van der Waals surface area contributed by atoms with Crippen molar-refractivity contribution in [1.82, 2.24) is 0 Å². The van der Waals surface area contributed by atoms with Crippen LogP contribution in [-0.2, 0) is 9.93 Å². The number of para-hydroxylation sites is 1. The van der Waals surface area contributed by atoms with E-state index in [0.29, 0.717) is 17.4 Å². The van der Waals surface area contributed by atoms with Gasteiger partial charge in [-0.25, -0.2) is 10.2 Å². The first-order valence-corrected chi connectivity index (χ1v) is 7.68. The van der Waals surface area contributed by atoms with Crippen LogP contribution in [0.2, 0.25) is 0 Å². The van der Waals surface area contributed by atoms with E-state index < -0.39 is 0 Å². The summed E-state index contributed by atoms with van der Waals surface area (Å²) >= 11 is 0. The second-order valence-electron chi connectivity index (χ2n) is 5.86. The van der Waals surface area contributed by atoms with Crippen LogP contribution < -0.4 is 0 Å². The molecule has 2 rings (SSSR count). The smallest absolute Gasteiger partial charge is 0.196 e. The lowest BCUT2D eigenvalue weighted by atomic mass is 10.0. The molecule has 0 radical (unpaired) electrons. The summed E-state index contributed by atoms with van der Waals surface area (Å²) in [5.74, 6) is 0.895. The van der Waals surface area contributed by atoms with Crippen molar-refractivity contribution < 1.29 is 15.2 Å². The molecule has 0 amide bonds. The molecule has 1 unspecified atom stereocenters. The fraction of sp³-hybridized carbons (Fsp3) is 0.333. The summed E-state index contributed by atoms with van der Waals surface area (Å²) < 4.78 is 0. The first-order chi connectivity index (χ1) is 11.1. The average molecular weight is 314 g/mol. The van der Waals surface area contributed by atoms with Crippen LogP contribution in [0.1, 0.15) is 27.2 Å². The van der Waals surface area contributed by atoms with Gasteiger partial charge in [-0.15, -0.1) is 0 Å². The Labute approximate surface area is 136 Å². The van der Waals surface area contributed by atoms with E-state index in [-0.39, 0.29) is 6.04 Å². The van der Waals surface area contributed by atoms with Gasteiger partial charge < -0.3 is 4.89 Å². The quantitative estimate of drug-likeness (QED) is 0.477. The van der Waals surface area contributed by atoms with E-state index in [1.807, 2.05) is 36.4 Å². The first-order valence-electron chi connectivity index (χ1n) is 7.68.